The highest BCUT2D eigenvalue weighted by Crippen LogP contribution is 2.26. The smallest absolute Gasteiger partial charge is 0.264 e. The maximum absolute atomic E-state index is 13.3. The molecule has 1 heterocycles. The molecule has 1 amide bonds. The van der Waals surface area contributed by atoms with Gasteiger partial charge in [-0.2, -0.15) is 0 Å². The van der Waals surface area contributed by atoms with Crippen molar-refractivity contribution in [1.82, 2.24) is 5.32 Å². The number of carbonyl (C=O) groups is 1. The molecule has 1 saturated heterocycles. The summed E-state index contributed by atoms with van der Waals surface area (Å²) in [4.78, 5) is 12.6. The Morgan fingerprint density at radius 1 is 1.21 bits per heavy atom. The van der Waals surface area contributed by atoms with E-state index in [1.165, 1.54) is 19.2 Å². The predicted octanol–water partition coefficient (Wildman–Crippen LogP) is 2.84. The van der Waals surface area contributed by atoms with Crippen LogP contribution in [-0.4, -0.2) is 47.2 Å². The number of carbonyl (C=O) groups excluding carboxylic acids is 1. The van der Waals surface area contributed by atoms with E-state index in [1.807, 2.05) is 0 Å². The summed E-state index contributed by atoms with van der Waals surface area (Å²) >= 11 is 5.93. The number of methoxy groups -OCH3 is 1. The molecule has 2 aromatic carbocycles. The van der Waals surface area contributed by atoms with Crippen molar-refractivity contribution in [2.45, 2.75) is 23.8 Å². The molecular weight excluding hydrogens is 416 g/mol. The number of nitrogens with zero attached hydrogens (tertiary/aromatic N) is 1. The van der Waals surface area contributed by atoms with Crippen LogP contribution in [-0.2, 0) is 19.6 Å². The van der Waals surface area contributed by atoms with Gasteiger partial charge in [0.25, 0.3) is 10.0 Å². The van der Waals surface area contributed by atoms with Gasteiger partial charge in [0, 0.05) is 18.2 Å². The first kappa shape index (κ1) is 21.4. The number of sulfonamides is 1. The van der Waals surface area contributed by atoms with Crippen molar-refractivity contribution < 1.29 is 22.7 Å². The van der Waals surface area contributed by atoms with Gasteiger partial charge in [0.2, 0.25) is 5.91 Å². The van der Waals surface area contributed by atoms with E-state index < -0.39 is 15.9 Å². The van der Waals surface area contributed by atoms with Crippen LogP contribution in [0.5, 0.6) is 5.75 Å². The van der Waals surface area contributed by atoms with Gasteiger partial charge in [-0.05, 0) is 61.4 Å². The van der Waals surface area contributed by atoms with E-state index in [2.05, 4.69) is 5.32 Å². The molecule has 1 atom stereocenters. The third-order valence-corrected chi connectivity index (χ3v) is 6.64. The lowest BCUT2D eigenvalue weighted by molar-refractivity contribution is -0.120. The summed E-state index contributed by atoms with van der Waals surface area (Å²) in [5.41, 5.74) is 0.345. The molecule has 29 heavy (non-hydrogen) atoms. The predicted molar refractivity (Wildman–Crippen MR) is 111 cm³/mol. The highest BCUT2D eigenvalue weighted by Gasteiger charge is 2.27. The second-order valence-corrected chi connectivity index (χ2v) is 8.90. The second-order valence-electron chi connectivity index (χ2n) is 6.60. The molecule has 0 unspecified atom stereocenters. The number of hydrogen-bond acceptors (Lipinski definition) is 5. The van der Waals surface area contributed by atoms with Crippen molar-refractivity contribution in [2.75, 3.05) is 31.1 Å². The first-order valence-corrected chi connectivity index (χ1v) is 11.0. The maximum Gasteiger partial charge on any atom is 0.264 e. The Hall–Kier alpha value is -2.29. The van der Waals surface area contributed by atoms with E-state index >= 15 is 0 Å². The number of rotatable bonds is 8. The van der Waals surface area contributed by atoms with Crippen molar-refractivity contribution in [1.29, 1.82) is 0 Å². The summed E-state index contributed by atoms with van der Waals surface area (Å²) in [5, 5.41) is 3.23. The molecule has 0 aliphatic carbocycles. The average molecular weight is 439 g/mol. The van der Waals surface area contributed by atoms with Crippen LogP contribution in [0.4, 0.5) is 5.69 Å². The van der Waals surface area contributed by atoms with Gasteiger partial charge in [-0.25, -0.2) is 8.42 Å². The lowest BCUT2D eigenvalue weighted by Crippen LogP contribution is -2.42. The monoisotopic (exact) mass is 438 g/mol. The zero-order valence-electron chi connectivity index (χ0n) is 16.0. The van der Waals surface area contributed by atoms with Crippen LogP contribution in [0.3, 0.4) is 0 Å². The van der Waals surface area contributed by atoms with Crippen molar-refractivity contribution in [3.05, 3.63) is 53.6 Å². The average Bonchev–Trinajstić information content (AvgIpc) is 3.25. The van der Waals surface area contributed by atoms with Crippen molar-refractivity contribution in [3.63, 3.8) is 0 Å². The third kappa shape index (κ3) is 5.41. The standard InChI is InChI=1S/C20H23ClN2O5S/c1-27-17-8-10-19(11-9-17)29(25,26)23(16-6-4-15(21)5-7-16)14-20(24)22-13-18-3-2-12-28-18/h4-11,18H,2-3,12-14H2,1H3,(H,22,24)/t18-/m1/s1. The molecule has 0 bridgehead atoms. The number of benzene rings is 2. The highest BCUT2D eigenvalue weighted by atomic mass is 35.5. The van der Waals surface area contributed by atoms with E-state index in [0.717, 1.165) is 17.1 Å². The van der Waals surface area contributed by atoms with Crippen LogP contribution in [0.25, 0.3) is 0 Å². The third-order valence-electron chi connectivity index (χ3n) is 4.60. The Balaban J connectivity index is 1.83. The minimum atomic E-state index is -3.98. The van der Waals surface area contributed by atoms with Crippen molar-refractivity contribution in [3.8, 4) is 5.75 Å². The summed E-state index contributed by atoms with van der Waals surface area (Å²) in [6.07, 6.45) is 1.82. The molecule has 1 aliphatic heterocycles. The number of hydrogen-bond donors (Lipinski definition) is 1. The largest absolute Gasteiger partial charge is 0.497 e. The Labute approximate surface area is 175 Å². The number of halogens is 1. The first-order valence-electron chi connectivity index (χ1n) is 9.21. The van der Waals surface area contributed by atoms with Gasteiger partial charge in [0.05, 0.1) is 23.8 Å². The number of nitrogens with one attached hydrogen (secondary N) is 1. The minimum Gasteiger partial charge on any atom is -0.497 e. The molecular formula is C20H23ClN2O5S. The van der Waals surface area contributed by atoms with Gasteiger partial charge >= 0.3 is 0 Å². The Morgan fingerprint density at radius 3 is 2.48 bits per heavy atom. The zero-order chi connectivity index (χ0) is 20.9. The Bertz CT molecular complexity index is 926. The minimum absolute atomic E-state index is 0.0267. The van der Waals surface area contributed by atoms with E-state index in [9.17, 15) is 13.2 Å². The highest BCUT2D eigenvalue weighted by molar-refractivity contribution is 7.92. The molecule has 156 valence electrons. The van der Waals surface area contributed by atoms with Gasteiger partial charge in [-0.1, -0.05) is 11.6 Å². The molecule has 0 spiro atoms. The zero-order valence-corrected chi connectivity index (χ0v) is 17.6. The molecule has 0 radical (unpaired) electrons. The number of ether oxygens (including phenoxy) is 2. The van der Waals surface area contributed by atoms with Crippen molar-refractivity contribution >= 4 is 33.2 Å². The van der Waals surface area contributed by atoms with Gasteiger partial charge in [-0.15, -0.1) is 0 Å². The molecule has 9 heteroatoms. The lowest BCUT2D eigenvalue weighted by Gasteiger charge is -2.24. The number of amides is 1. The SMILES string of the molecule is COc1ccc(S(=O)(=O)N(CC(=O)NC[C@H]2CCCO2)c2ccc(Cl)cc2)cc1. The van der Waals surface area contributed by atoms with Crippen LogP contribution < -0.4 is 14.4 Å². The fourth-order valence-electron chi connectivity index (χ4n) is 3.02. The summed E-state index contributed by atoms with van der Waals surface area (Å²) in [5.74, 6) is 0.129. The van der Waals surface area contributed by atoms with Crippen LogP contribution >= 0.6 is 11.6 Å². The van der Waals surface area contributed by atoms with E-state index in [1.54, 1.807) is 36.4 Å². The molecule has 1 N–H and O–H groups in total. The van der Waals surface area contributed by atoms with Gasteiger partial charge in [0.15, 0.2) is 0 Å². The fraction of sp³-hybridized carbons (Fsp3) is 0.350. The summed E-state index contributed by atoms with van der Waals surface area (Å²) < 4.78 is 38.2. The van der Waals surface area contributed by atoms with E-state index in [-0.39, 0.29) is 17.5 Å². The molecule has 0 saturated carbocycles. The normalized spacial score (nSPS) is 16.4. The Kier molecular flexibility index (Phi) is 7.00. The van der Waals surface area contributed by atoms with E-state index in [4.69, 9.17) is 21.1 Å². The molecule has 1 fully saturated rings. The Morgan fingerprint density at radius 2 is 1.90 bits per heavy atom. The van der Waals surface area contributed by atoms with Gasteiger partial charge in [0.1, 0.15) is 12.3 Å². The second kappa shape index (κ2) is 9.47. The van der Waals surface area contributed by atoms with Gasteiger partial charge < -0.3 is 14.8 Å². The lowest BCUT2D eigenvalue weighted by atomic mass is 10.2. The molecule has 1 aliphatic rings. The molecule has 3 rings (SSSR count). The fourth-order valence-corrected chi connectivity index (χ4v) is 4.56. The molecule has 7 nitrogen and oxygen atoms in total. The summed E-state index contributed by atoms with van der Waals surface area (Å²) in [7, 11) is -2.48. The maximum atomic E-state index is 13.3. The molecule has 2 aromatic rings. The van der Waals surface area contributed by atoms with Crippen LogP contribution in [0.15, 0.2) is 53.4 Å². The quantitative estimate of drug-likeness (QED) is 0.685. The van der Waals surface area contributed by atoms with E-state index in [0.29, 0.717) is 29.6 Å². The van der Waals surface area contributed by atoms with Crippen LogP contribution in [0.2, 0.25) is 5.02 Å². The van der Waals surface area contributed by atoms with Gasteiger partial charge in [-0.3, -0.25) is 9.10 Å². The summed E-state index contributed by atoms with van der Waals surface area (Å²) in [6.45, 7) is 0.682. The molecule has 0 aromatic heterocycles. The first-order chi connectivity index (χ1) is 13.9. The van der Waals surface area contributed by atoms with Crippen LogP contribution in [0, 0.1) is 0 Å². The number of anilines is 1. The van der Waals surface area contributed by atoms with Crippen molar-refractivity contribution in [2.24, 2.45) is 0 Å². The summed E-state index contributed by atoms with van der Waals surface area (Å²) in [6, 6.07) is 12.3. The topological polar surface area (TPSA) is 84.9 Å². The van der Waals surface area contributed by atoms with Crippen LogP contribution in [0.1, 0.15) is 12.8 Å².